The highest BCUT2D eigenvalue weighted by molar-refractivity contribution is 5.93. The molecule has 4 fully saturated rings. The number of fused-ring (bicyclic) bond motifs is 5. The van der Waals surface area contributed by atoms with Crippen LogP contribution < -0.4 is 0 Å². The standard InChI is InChI=1S/C25H36O5/c1-14(5-8-22(29)30-4)17-6-7-18-23-19(13-21(28)25(17,18)3)24(2)10-9-16(26)11-15(24)12-20(23)27/h14-15,17-19,23H,5-13H2,1-4H3/t14-,15+,17-,18+,19+,23+,24+,25-/m1/s1. The Bertz CT molecular complexity index is 772. The molecule has 0 aliphatic heterocycles. The summed E-state index contributed by atoms with van der Waals surface area (Å²) in [7, 11) is 1.41. The van der Waals surface area contributed by atoms with Gasteiger partial charge in [-0.3, -0.25) is 19.2 Å². The quantitative estimate of drug-likeness (QED) is 0.643. The summed E-state index contributed by atoms with van der Waals surface area (Å²) in [4.78, 5) is 50.7. The Labute approximate surface area is 179 Å². The molecule has 0 N–H and O–H groups in total. The fourth-order valence-corrected chi connectivity index (χ4v) is 8.04. The van der Waals surface area contributed by atoms with Crippen LogP contribution in [-0.4, -0.2) is 30.4 Å². The summed E-state index contributed by atoms with van der Waals surface area (Å²) in [6, 6.07) is 0. The van der Waals surface area contributed by atoms with Gasteiger partial charge in [0.2, 0.25) is 0 Å². The molecule has 4 aliphatic carbocycles. The molecule has 0 aromatic rings. The molecule has 8 atom stereocenters. The molecule has 0 radical (unpaired) electrons. The minimum Gasteiger partial charge on any atom is -0.469 e. The third-order valence-corrected chi connectivity index (χ3v) is 9.94. The Morgan fingerprint density at radius 2 is 1.83 bits per heavy atom. The first-order valence-electron chi connectivity index (χ1n) is 11.8. The summed E-state index contributed by atoms with van der Waals surface area (Å²) >= 11 is 0. The molecule has 4 rings (SSSR count). The Kier molecular flexibility index (Phi) is 5.47. The predicted molar refractivity (Wildman–Crippen MR) is 111 cm³/mol. The Hall–Kier alpha value is -1.52. The molecule has 166 valence electrons. The summed E-state index contributed by atoms with van der Waals surface area (Å²) in [5.41, 5.74) is -0.544. The number of Topliss-reactive ketones (excluding diaryl/α,β-unsaturated/α-hetero) is 3. The van der Waals surface area contributed by atoms with Gasteiger partial charge < -0.3 is 4.74 Å². The number of hydrogen-bond acceptors (Lipinski definition) is 5. The molecule has 5 heteroatoms. The van der Waals surface area contributed by atoms with Crippen LogP contribution in [0.3, 0.4) is 0 Å². The van der Waals surface area contributed by atoms with Crippen molar-refractivity contribution in [2.75, 3.05) is 7.11 Å². The van der Waals surface area contributed by atoms with Crippen molar-refractivity contribution >= 4 is 23.3 Å². The first kappa shape index (κ1) is 21.7. The van der Waals surface area contributed by atoms with Crippen LogP contribution in [0, 0.1) is 46.3 Å². The number of carbonyl (C=O) groups is 4. The normalized spacial score (nSPS) is 44.1. The van der Waals surface area contributed by atoms with Crippen LogP contribution in [0.15, 0.2) is 0 Å². The number of rotatable bonds is 4. The van der Waals surface area contributed by atoms with Crippen molar-refractivity contribution in [1.29, 1.82) is 0 Å². The maximum absolute atomic E-state index is 13.7. The summed E-state index contributed by atoms with van der Waals surface area (Å²) in [5.74, 6) is 1.41. The van der Waals surface area contributed by atoms with E-state index in [-0.39, 0.29) is 52.7 Å². The summed E-state index contributed by atoms with van der Waals surface area (Å²) in [6.45, 7) is 6.50. The van der Waals surface area contributed by atoms with Crippen molar-refractivity contribution in [3.05, 3.63) is 0 Å². The van der Waals surface area contributed by atoms with Crippen molar-refractivity contribution < 1.29 is 23.9 Å². The lowest BCUT2D eigenvalue weighted by Crippen LogP contribution is -2.60. The monoisotopic (exact) mass is 416 g/mol. The smallest absolute Gasteiger partial charge is 0.305 e. The topological polar surface area (TPSA) is 77.5 Å². The van der Waals surface area contributed by atoms with E-state index in [1.807, 2.05) is 0 Å². The van der Waals surface area contributed by atoms with Gasteiger partial charge in [0.05, 0.1) is 7.11 Å². The first-order valence-corrected chi connectivity index (χ1v) is 11.8. The molecule has 0 amide bonds. The van der Waals surface area contributed by atoms with E-state index in [0.717, 1.165) is 25.7 Å². The van der Waals surface area contributed by atoms with Gasteiger partial charge in [0.25, 0.3) is 0 Å². The van der Waals surface area contributed by atoms with Crippen LogP contribution in [0.25, 0.3) is 0 Å². The van der Waals surface area contributed by atoms with Gasteiger partial charge in [-0.15, -0.1) is 0 Å². The number of methoxy groups -OCH3 is 1. The van der Waals surface area contributed by atoms with E-state index >= 15 is 0 Å². The van der Waals surface area contributed by atoms with Crippen molar-refractivity contribution in [2.45, 2.75) is 78.6 Å². The molecule has 0 heterocycles. The number of ketones is 3. The van der Waals surface area contributed by atoms with Gasteiger partial charge in [0.1, 0.15) is 17.3 Å². The highest BCUT2D eigenvalue weighted by Crippen LogP contribution is 2.66. The number of esters is 1. The molecule has 0 saturated heterocycles. The van der Waals surface area contributed by atoms with Gasteiger partial charge in [-0.1, -0.05) is 20.8 Å². The van der Waals surface area contributed by atoms with Gasteiger partial charge in [0.15, 0.2) is 0 Å². The minimum atomic E-state index is -0.472. The zero-order valence-corrected chi connectivity index (χ0v) is 18.9. The highest BCUT2D eigenvalue weighted by atomic mass is 16.5. The molecule has 0 unspecified atom stereocenters. The van der Waals surface area contributed by atoms with Crippen molar-refractivity contribution in [3.63, 3.8) is 0 Å². The lowest BCUT2D eigenvalue weighted by molar-refractivity contribution is -0.166. The average Bonchev–Trinajstić information content (AvgIpc) is 3.06. The van der Waals surface area contributed by atoms with Gasteiger partial charge >= 0.3 is 5.97 Å². The Morgan fingerprint density at radius 3 is 2.53 bits per heavy atom. The van der Waals surface area contributed by atoms with E-state index in [0.29, 0.717) is 43.7 Å². The lowest BCUT2D eigenvalue weighted by Gasteiger charge is -2.58. The SMILES string of the molecule is COC(=O)CC[C@@H](C)[C@H]1CC[C@H]2[C@@H]3C(=O)C[C@@H]4CC(=O)CC[C@]4(C)[C@H]3CC(=O)[C@]12C. The molecule has 4 aliphatic rings. The second kappa shape index (κ2) is 7.56. The number of hydrogen-bond donors (Lipinski definition) is 0. The van der Waals surface area contributed by atoms with E-state index in [1.165, 1.54) is 7.11 Å². The first-order chi connectivity index (χ1) is 14.1. The van der Waals surface area contributed by atoms with Crippen LogP contribution >= 0.6 is 0 Å². The van der Waals surface area contributed by atoms with Crippen molar-refractivity contribution in [1.82, 2.24) is 0 Å². The number of ether oxygens (including phenoxy) is 1. The predicted octanol–water partition coefficient (Wildman–Crippen LogP) is 4.16. The van der Waals surface area contributed by atoms with Crippen molar-refractivity contribution in [3.8, 4) is 0 Å². The highest BCUT2D eigenvalue weighted by Gasteiger charge is 2.66. The fraction of sp³-hybridized carbons (Fsp3) is 0.840. The molecule has 4 saturated carbocycles. The Balaban J connectivity index is 1.60. The Morgan fingerprint density at radius 1 is 1.10 bits per heavy atom. The fourth-order valence-electron chi connectivity index (χ4n) is 8.04. The lowest BCUT2D eigenvalue weighted by atomic mass is 9.44. The van der Waals surface area contributed by atoms with Crippen LogP contribution in [0.2, 0.25) is 0 Å². The molecule has 0 bridgehead atoms. The second-order valence-corrected chi connectivity index (χ2v) is 11.0. The molecule has 5 nitrogen and oxygen atoms in total. The average molecular weight is 417 g/mol. The third kappa shape index (κ3) is 3.10. The van der Waals surface area contributed by atoms with Gasteiger partial charge in [-0.25, -0.2) is 0 Å². The second-order valence-electron chi connectivity index (χ2n) is 11.0. The van der Waals surface area contributed by atoms with Gasteiger partial charge in [0, 0.05) is 43.4 Å². The zero-order valence-electron chi connectivity index (χ0n) is 18.9. The molecule has 0 aromatic heterocycles. The van der Waals surface area contributed by atoms with Crippen LogP contribution in [0.1, 0.15) is 78.6 Å². The van der Waals surface area contributed by atoms with Crippen LogP contribution in [0.4, 0.5) is 0 Å². The third-order valence-electron chi connectivity index (χ3n) is 9.94. The molecule has 0 spiro atoms. The molecular formula is C25H36O5. The summed E-state index contributed by atoms with van der Waals surface area (Å²) in [5, 5.41) is 0. The van der Waals surface area contributed by atoms with Gasteiger partial charge in [-0.05, 0) is 60.7 Å². The summed E-state index contributed by atoms with van der Waals surface area (Å²) in [6.07, 6.45) is 5.87. The summed E-state index contributed by atoms with van der Waals surface area (Å²) < 4.78 is 4.80. The molecule has 0 aromatic carbocycles. The maximum Gasteiger partial charge on any atom is 0.305 e. The van der Waals surface area contributed by atoms with Gasteiger partial charge in [-0.2, -0.15) is 0 Å². The van der Waals surface area contributed by atoms with E-state index in [2.05, 4.69) is 20.8 Å². The maximum atomic E-state index is 13.7. The zero-order chi connectivity index (χ0) is 21.8. The largest absolute Gasteiger partial charge is 0.469 e. The van der Waals surface area contributed by atoms with Crippen LogP contribution in [0.5, 0.6) is 0 Å². The minimum absolute atomic E-state index is 0.0417. The van der Waals surface area contributed by atoms with E-state index < -0.39 is 5.41 Å². The molecular weight excluding hydrogens is 380 g/mol. The molecule has 30 heavy (non-hydrogen) atoms. The number of carbonyl (C=O) groups excluding carboxylic acids is 4. The van der Waals surface area contributed by atoms with E-state index in [9.17, 15) is 19.2 Å². The van der Waals surface area contributed by atoms with Crippen LogP contribution in [-0.2, 0) is 23.9 Å². The van der Waals surface area contributed by atoms with Crippen molar-refractivity contribution in [2.24, 2.45) is 46.3 Å². The van der Waals surface area contributed by atoms with E-state index in [1.54, 1.807) is 0 Å². The van der Waals surface area contributed by atoms with E-state index in [4.69, 9.17) is 4.74 Å².